The van der Waals surface area contributed by atoms with Crippen LogP contribution in [0.1, 0.15) is 10.4 Å². The molecule has 0 fully saturated rings. The molecule has 0 aliphatic heterocycles. The summed E-state index contributed by atoms with van der Waals surface area (Å²) in [6.45, 7) is 0.425. The lowest BCUT2D eigenvalue weighted by Crippen LogP contribution is -1.99. The topological polar surface area (TPSA) is 48.7 Å². The molecule has 0 aliphatic rings. The van der Waals surface area contributed by atoms with Gasteiger partial charge in [0.2, 0.25) is 0 Å². The summed E-state index contributed by atoms with van der Waals surface area (Å²) in [5.41, 5.74) is 0.811. The maximum atomic E-state index is 12.9. The molecule has 2 rings (SSSR count). The third kappa shape index (κ3) is 2.91. The normalized spacial score (nSPS) is 10.1. The van der Waals surface area contributed by atoms with Crippen LogP contribution in [0.15, 0.2) is 18.2 Å². The van der Waals surface area contributed by atoms with Crippen molar-refractivity contribution in [1.82, 2.24) is 4.98 Å². The first-order valence-electron chi connectivity index (χ1n) is 4.84. The Bertz CT molecular complexity index is 621. The second-order valence-corrected chi connectivity index (χ2v) is 5.12. The van der Waals surface area contributed by atoms with E-state index in [-0.39, 0.29) is 10.2 Å². The molecule has 0 saturated carbocycles. The van der Waals surface area contributed by atoms with Crippen LogP contribution in [0.25, 0.3) is 0 Å². The minimum absolute atomic E-state index is 0.0733. The number of benzene rings is 1. The molecule has 0 radical (unpaired) electrons. The van der Waals surface area contributed by atoms with Gasteiger partial charge in [0, 0.05) is 6.54 Å². The second-order valence-electron chi connectivity index (χ2n) is 3.35. The van der Waals surface area contributed by atoms with Crippen molar-refractivity contribution >= 4 is 39.7 Å². The fourth-order valence-corrected chi connectivity index (χ4v) is 2.42. The van der Waals surface area contributed by atoms with Gasteiger partial charge >= 0.3 is 0 Å². The first-order valence-corrected chi connectivity index (χ1v) is 6.41. The quantitative estimate of drug-likeness (QED) is 0.929. The molecular formula is C11H6Cl2FN3S. The Morgan fingerprint density at radius 2 is 2.22 bits per heavy atom. The molecule has 1 aromatic carbocycles. The Hall–Kier alpha value is -1.35. The fraction of sp³-hybridized carbons (Fsp3) is 0.0909. The highest BCUT2D eigenvalue weighted by Gasteiger charge is 2.08. The smallest absolute Gasteiger partial charge is 0.185 e. The van der Waals surface area contributed by atoms with Gasteiger partial charge < -0.3 is 5.32 Å². The van der Waals surface area contributed by atoms with E-state index in [1.54, 1.807) is 6.07 Å². The first kappa shape index (κ1) is 13.1. The van der Waals surface area contributed by atoms with Gasteiger partial charge in [0.05, 0.1) is 5.02 Å². The number of aromatic nitrogens is 1. The molecule has 2 aromatic rings. The Labute approximate surface area is 117 Å². The summed E-state index contributed by atoms with van der Waals surface area (Å²) in [6, 6.07) is 6.40. The van der Waals surface area contributed by atoms with Crippen LogP contribution in [0.5, 0.6) is 0 Å². The van der Waals surface area contributed by atoms with E-state index in [4.69, 9.17) is 28.5 Å². The molecule has 7 heteroatoms. The zero-order chi connectivity index (χ0) is 13.1. The van der Waals surface area contributed by atoms with Gasteiger partial charge in [-0.05, 0) is 17.7 Å². The number of hydrogen-bond acceptors (Lipinski definition) is 4. The van der Waals surface area contributed by atoms with Crippen molar-refractivity contribution in [3.63, 3.8) is 0 Å². The van der Waals surface area contributed by atoms with Crippen LogP contribution in [0.4, 0.5) is 9.52 Å². The summed E-state index contributed by atoms with van der Waals surface area (Å²) < 4.78 is 12.9. The minimum atomic E-state index is -0.454. The monoisotopic (exact) mass is 301 g/mol. The molecule has 0 saturated heterocycles. The summed E-state index contributed by atoms with van der Waals surface area (Å²) in [6.07, 6.45) is 0. The molecule has 0 aliphatic carbocycles. The van der Waals surface area contributed by atoms with Gasteiger partial charge in [0.15, 0.2) is 10.3 Å². The van der Waals surface area contributed by atoms with Gasteiger partial charge in [-0.3, -0.25) is 0 Å². The van der Waals surface area contributed by atoms with Crippen molar-refractivity contribution in [2.24, 2.45) is 0 Å². The lowest BCUT2D eigenvalue weighted by molar-refractivity contribution is 0.627. The highest BCUT2D eigenvalue weighted by atomic mass is 35.5. The van der Waals surface area contributed by atoms with E-state index in [1.807, 2.05) is 6.07 Å². The Kier molecular flexibility index (Phi) is 4.02. The molecule has 0 bridgehead atoms. The van der Waals surface area contributed by atoms with E-state index < -0.39 is 5.82 Å². The lowest BCUT2D eigenvalue weighted by atomic mass is 10.2. The highest BCUT2D eigenvalue weighted by Crippen LogP contribution is 2.26. The molecule has 1 aromatic heterocycles. The molecule has 1 heterocycles. The predicted molar refractivity (Wildman–Crippen MR) is 70.6 cm³/mol. The second kappa shape index (κ2) is 5.53. The molecular weight excluding hydrogens is 296 g/mol. The van der Waals surface area contributed by atoms with Crippen molar-refractivity contribution in [3.8, 4) is 6.07 Å². The van der Waals surface area contributed by atoms with Crippen LogP contribution >= 0.6 is 34.5 Å². The van der Waals surface area contributed by atoms with E-state index in [9.17, 15) is 4.39 Å². The molecule has 0 unspecified atom stereocenters. The SMILES string of the molecule is N#Cc1sc(NCc2ccc(F)c(Cl)c2)nc1Cl. The Morgan fingerprint density at radius 3 is 2.83 bits per heavy atom. The number of nitrogens with zero attached hydrogens (tertiary/aromatic N) is 2. The zero-order valence-electron chi connectivity index (χ0n) is 8.88. The number of nitrogens with one attached hydrogen (secondary N) is 1. The summed E-state index contributed by atoms with van der Waals surface area (Å²) >= 11 is 12.6. The molecule has 3 nitrogen and oxygen atoms in total. The van der Waals surface area contributed by atoms with Gasteiger partial charge in [0.1, 0.15) is 16.8 Å². The molecule has 18 heavy (non-hydrogen) atoms. The number of thiazole rings is 1. The Balaban J connectivity index is 2.07. The summed E-state index contributed by atoms with van der Waals surface area (Å²) in [5, 5.41) is 12.5. The van der Waals surface area contributed by atoms with E-state index in [0.29, 0.717) is 16.6 Å². The van der Waals surface area contributed by atoms with Crippen LogP contribution in [-0.2, 0) is 6.54 Å². The average molecular weight is 302 g/mol. The lowest BCUT2D eigenvalue weighted by Gasteiger charge is -2.03. The summed E-state index contributed by atoms with van der Waals surface area (Å²) in [7, 11) is 0. The standard InChI is InChI=1S/C11H6Cl2FN3S/c12-7-3-6(1-2-8(7)14)5-16-11-17-10(13)9(4-15)18-11/h1-3H,5H2,(H,16,17). The maximum absolute atomic E-state index is 12.9. The minimum Gasteiger partial charge on any atom is -0.357 e. The van der Waals surface area contributed by atoms with Crippen LogP contribution in [0.2, 0.25) is 10.2 Å². The van der Waals surface area contributed by atoms with Crippen molar-refractivity contribution in [2.45, 2.75) is 6.54 Å². The van der Waals surface area contributed by atoms with E-state index >= 15 is 0 Å². The molecule has 1 N–H and O–H groups in total. The Morgan fingerprint density at radius 1 is 1.44 bits per heavy atom. The van der Waals surface area contributed by atoms with Gasteiger partial charge in [0.25, 0.3) is 0 Å². The number of hydrogen-bond donors (Lipinski definition) is 1. The first-order chi connectivity index (χ1) is 8.60. The number of halogens is 3. The largest absolute Gasteiger partial charge is 0.357 e. The summed E-state index contributed by atoms with van der Waals surface area (Å²) in [4.78, 5) is 4.34. The summed E-state index contributed by atoms with van der Waals surface area (Å²) in [5.74, 6) is -0.454. The fourth-order valence-electron chi connectivity index (χ4n) is 1.27. The zero-order valence-corrected chi connectivity index (χ0v) is 11.2. The maximum Gasteiger partial charge on any atom is 0.185 e. The van der Waals surface area contributed by atoms with Crippen molar-refractivity contribution < 1.29 is 4.39 Å². The van der Waals surface area contributed by atoms with Crippen molar-refractivity contribution in [2.75, 3.05) is 5.32 Å². The highest BCUT2D eigenvalue weighted by molar-refractivity contribution is 7.16. The van der Waals surface area contributed by atoms with Crippen LogP contribution in [0, 0.1) is 17.1 Å². The van der Waals surface area contributed by atoms with Gasteiger partial charge in [-0.2, -0.15) is 5.26 Å². The van der Waals surface area contributed by atoms with Crippen LogP contribution in [0.3, 0.4) is 0 Å². The van der Waals surface area contributed by atoms with Crippen LogP contribution in [-0.4, -0.2) is 4.98 Å². The molecule has 0 atom stereocenters. The number of nitriles is 1. The predicted octanol–water partition coefficient (Wildman–Crippen LogP) is 4.07. The third-order valence-corrected chi connectivity index (χ3v) is 3.71. The van der Waals surface area contributed by atoms with E-state index in [0.717, 1.165) is 16.9 Å². The third-order valence-electron chi connectivity index (χ3n) is 2.12. The van der Waals surface area contributed by atoms with Crippen LogP contribution < -0.4 is 5.32 Å². The van der Waals surface area contributed by atoms with Crippen molar-refractivity contribution in [3.05, 3.63) is 44.6 Å². The molecule has 92 valence electrons. The van der Waals surface area contributed by atoms with Gasteiger partial charge in [-0.1, -0.05) is 40.6 Å². The van der Waals surface area contributed by atoms with Gasteiger partial charge in [-0.15, -0.1) is 0 Å². The van der Waals surface area contributed by atoms with E-state index in [2.05, 4.69) is 10.3 Å². The average Bonchev–Trinajstić information content (AvgIpc) is 2.71. The number of rotatable bonds is 3. The molecule has 0 spiro atoms. The van der Waals surface area contributed by atoms with Crippen molar-refractivity contribution in [1.29, 1.82) is 5.26 Å². The van der Waals surface area contributed by atoms with E-state index in [1.165, 1.54) is 12.1 Å². The number of anilines is 1. The van der Waals surface area contributed by atoms with Gasteiger partial charge in [-0.25, -0.2) is 9.37 Å². The molecule has 0 amide bonds.